The number of aryl methyl sites for hydroxylation is 1. The van der Waals surface area contributed by atoms with Crippen LogP contribution in [0.15, 0.2) is 42.5 Å². The van der Waals surface area contributed by atoms with Crippen molar-refractivity contribution in [3.05, 3.63) is 58.6 Å². The molecule has 2 aromatic carbocycles. The summed E-state index contributed by atoms with van der Waals surface area (Å²) in [7, 11) is 0. The molecule has 0 amide bonds. The van der Waals surface area contributed by atoms with Gasteiger partial charge >= 0.3 is 0 Å². The molecule has 0 saturated carbocycles. The van der Waals surface area contributed by atoms with Crippen molar-refractivity contribution in [1.29, 1.82) is 0 Å². The average Bonchev–Trinajstić information content (AvgIpc) is 2.29. The van der Waals surface area contributed by atoms with Crippen molar-refractivity contribution in [2.75, 3.05) is 0 Å². The first-order valence-corrected chi connectivity index (χ1v) is 5.65. The summed E-state index contributed by atoms with van der Waals surface area (Å²) < 4.78 is 0. The van der Waals surface area contributed by atoms with E-state index in [4.69, 9.17) is 17.3 Å². The van der Waals surface area contributed by atoms with Crippen molar-refractivity contribution < 1.29 is 0 Å². The molecule has 2 aromatic rings. The Morgan fingerprint density at radius 1 is 1.00 bits per heavy atom. The van der Waals surface area contributed by atoms with Crippen molar-refractivity contribution in [2.24, 2.45) is 5.73 Å². The molecule has 0 aliphatic rings. The van der Waals surface area contributed by atoms with Crippen LogP contribution in [-0.2, 0) is 6.54 Å². The standard InChI is InChI=1S/C14H14ClN/c1-10-5-4-7-11(13(10)9-16)12-6-2-3-8-14(12)15/h2-8H,9,16H2,1H3. The maximum Gasteiger partial charge on any atom is 0.0484 e. The predicted octanol–water partition coefficient (Wildman–Crippen LogP) is 3.77. The van der Waals surface area contributed by atoms with Gasteiger partial charge in [-0.05, 0) is 29.7 Å². The molecule has 0 atom stereocenters. The van der Waals surface area contributed by atoms with Gasteiger partial charge in [-0.1, -0.05) is 48.0 Å². The zero-order valence-electron chi connectivity index (χ0n) is 9.20. The van der Waals surface area contributed by atoms with Crippen LogP contribution in [0.3, 0.4) is 0 Å². The molecular weight excluding hydrogens is 218 g/mol. The minimum atomic E-state index is 0.535. The second kappa shape index (κ2) is 4.69. The Morgan fingerprint density at radius 2 is 1.69 bits per heavy atom. The Labute approximate surface area is 101 Å². The quantitative estimate of drug-likeness (QED) is 0.837. The summed E-state index contributed by atoms with van der Waals surface area (Å²) in [6.45, 7) is 2.61. The molecule has 0 bridgehead atoms. The van der Waals surface area contributed by atoms with Crippen LogP contribution in [0.4, 0.5) is 0 Å². The number of hydrogen-bond donors (Lipinski definition) is 1. The zero-order valence-corrected chi connectivity index (χ0v) is 9.96. The van der Waals surface area contributed by atoms with E-state index < -0.39 is 0 Å². The second-order valence-electron chi connectivity index (χ2n) is 3.78. The maximum atomic E-state index is 6.20. The molecule has 2 rings (SSSR count). The minimum Gasteiger partial charge on any atom is -0.326 e. The summed E-state index contributed by atoms with van der Waals surface area (Å²) in [5.41, 5.74) is 10.3. The molecule has 0 aliphatic carbocycles. The number of hydrogen-bond acceptors (Lipinski definition) is 1. The maximum absolute atomic E-state index is 6.20. The lowest BCUT2D eigenvalue weighted by Crippen LogP contribution is -2.01. The van der Waals surface area contributed by atoms with Gasteiger partial charge in [-0.2, -0.15) is 0 Å². The summed E-state index contributed by atoms with van der Waals surface area (Å²) in [6.07, 6.45) is 0. The Balaban J connectivity index is 2.65. The Morgan fingerprint density at radius 3 is 2.38 bits per heavy atom. The van der Waals surface area contributed by atoms with Crippen molar-refractivity contribution in [3.63, 3.8) is 0 Å². The molecule has 2 heteroatoms. The molecule has 0 heterocycles. The van der Waals surface area contributed by atoms with Crippen molar-refractivity contribution >= 4 is 11.6 Å². The van der Waals surface area contributed by atoms with Gasteiger partial charge in [0.1, 0.15) is 0 Å². The van der Waals surface area contributed by atoms with Crippen LogP contribution in [-0.4, -0.2) is 0 Å². The van der Waals surface area contributed by atoms with Gasteiger partial charge in [-0.25, -0.2) is 0 Å². The van der Waals surface area contributed by atoms with Crippen LogP contribution in [0.1, 0.15) is 11.1 Å². The van der Waals surface area contributed by atoms with Crippen LogP contribution in [0, 0.1) is 6.92 Å². The largest absolute Gasteiger partial charge is 0.326 e. The van der Waals surface area contributed by atoms with Gasteiger partial charge in [0.05, 0.1) is 0 Å². The summed E-state index contributed by atoms with van der Waals surface area (Å²) in [6, 6.07) is 14.0. The van der Waals surface area contributed by atoms with Crippen LogP contribution in [0.25, 0.3) is 11.1 Å². The van der Waals surface area contributed by atoms with E-state index in [1.54, 1.807) is 0 Å². The Hall–Kier alpha value is -1.31. The highest BCUT2D eigenvalue weighted by Crippen LogP contribution is 2.31. The highest BCUT2D eigenvalue weighted by molar-refractivity contribution is 6.33. The molecule has 82 valence electrons. The minimum absolute atomic E-state index is 0.535. The third-order valence-electron chi connectivity index (χ3n) is 2.78. The second-order valence-corrected chi connectivity index (χ2v) is 4.19. The summed E-state index contributed by atoms with van der Waals surface area (Å²) in [5.74, 6) is 0. The topological polar surface area (TPSA) is 26.0 Å². The number of halogens is 1. The van der Waals surface area contributed by atoms with Gasteiger partial charge in [0.15, 0.2) is 0 Å². The summed E-state index contributed by atoms with van der Waals surface area (Å²) in [4.78, 5) is 0. The SMILES string of the molecule is Cc1cccc(-c2ccccc2Cl)c1CN. The molecular formula is C14H14ClN. The van der Waals surface area contributed by atoms with Gasteiger partial charge in [0, 0.05) is 17.1 Å². The third kappa shape index (κ3) is 1.97. The first-order valence-electron chi connectivity index (χ1n) is 5.27. The average molecular weight is 232 g/mol. The molecule has 1 nitrogen and oxygen atoms in total. The fraction of sp³-hybridized carbons (Fsp3) is 0.143. The van der Waals surface area contributed by atoms with E-state index in [1.165, 1.54) is 5.56 Å². The van der Waals surface area contributed by atoms with E-state index in [0.717, 1.165) is 21.7 Å². The van der Waals surface area contributed by atoms with Gasteiger partial charge in [-0.15, -0.1) is 0 Å². The van der Waals surface area contributed by atoms with Gasteiger partial charge < -0.3 is 5.73 Å². The van der Waals surface area contributed by atoms with E-state index in [-0.39, 0.29) is 0 Å². The molecule has 0 spiro atoms. The van der Waals surface area contributed by atoms with Crippen molar-refractivity contribution in [1.82, 2.24) is 0 Å². The van der Waals surface area contributed by atoms with Crippen molar-refractivity contribution in [3.8, 4) is 11.1 Å². The van der Waals surface area contributed by atoms with Gasteiger partial charge in [0.2, 0.25) is 0 Å². The van der Waals surface area contributed by atoms with Crippen LogP contribution in [0.5, 0.6) is 0 Å². The van der Waals surface area contributed by atoms with E-state index >= 15 is 0 Å². The molecule has 0 fully saturated rings. The molecule has 0 saturated heterocycles. The van der Waals surface area contributed by atoms with E-state index in [9.17, 15) is 0 Å². The first kappa shape index (κ1) is 11.2. The smallest absolute Gasteiger partial charge is 0.0484 e. The normalized spacial score (nSPS) is 10.4. The number of benzene rings is 2. The monoisotopic (exact) mass is 231 g/mol. The molecule has 16 heavy (non-hydrogen) atoms. The molecule has 0 aromatic heterocycles. The fourth-order valence-electron chi connectivity index (χ4n) is 1.91. The molecule has 0 unspecified atom stereocenters. The molecule has 0 aliphatic heterocycles. The molecule has 2 N–H and O–H groups in total. The van der Waals surface area contributed by atoms with Gasteiger partial charge in [-0.3, -0.25) is 0 Å². The Kier molecular flexibility index (Phi) is 3.28. The highest BCUT2D eigenvalue weighted by atomic mass is 35.5. The lowest BCUT2D eigenvalue weighted by Gasteiger charge is -2.12. The lowest BCUT2D eigenvalue weighted by molar-refractivity contribution is 1.05. The number of nitrogens with two attached hydrogens (primary N) is 1. The zero-order chi connectivity index (χ0) is 11.5. The van der Waals surface area contributed by atoms with Crippen molar-refractivity contribution in [2.45, 2.75) is 13.5 Å². The third-order valence-corrected chi connectivity index (χ3v) is 3.11. The Bertz CT molecular complexity index is 506. The van der Waals surface area contributed by atoms with Crippen LogP contribution < -0.4 is 5.73 Å². The highest BCUT2D eigenvalue weighted by Gasteiger charge is 2.08. The van der Waals surface area contributed by atoms with E-state index in [2.05, 4.69) is 19.1 Å². The molecule has 0 radical (unpaired) electrons. The fourth-order valence-corrected chi connectivity index (χ4v) is 2.14. The van der Waals surface area contributed by atoms with Crippen LogP contribution >= 0.6 is 11.6 Å². The van der Waals surface area contributed by atoms with E-state index in [0.29, 0.717) is 6.54 Å². The first-order chi connectivity index (χ1) is 7.74. The summed E-state index contributed by atoms with van der Waals surface area (Å²) >= 11 is 6.20. The lowest BCUT2D eigenvalue weighted by atomic mass is 9.96. The van der Waals surface area contributed by atoms with E-state index in [1.807, 2.05) is 30.3 Å². The predicted molar refractivity (Wildman–Crippen MR) is 69.5 cm³/mol. The van der Waals surface area contributed by atoms with Crippen LogP contribution in [0.2, 0.25) is 5.02 Å². The van der Waals surface area contributed by atoms with Gasteiger partial charge in [0.25, 0.3) is 0 Å². The summed E-state index contributed by atoms with van der Waals surface area (Å²) in [5, 5.41) is 0.766. The number of rotatable bonds is 2.